The Bertz CT molecular complexity index is 327. The lowest BCUT2D eigenvalue weighted by Crippen LogP contribution is -2.21. The topological polar surface area (TPSA) is 35.8 Å². The quantitative estimate of drug-likeness (QED) is 0.694. The molecule has 0 aliphatic rings. The van der Waals surface area contributed by atoms with Crippen molar-refractivity contribution in [3.8, 4) is 6.07 Å². The van der Waals surface area contributed by atoms with Gasteiger partial charge < -0.3 is 5.32 Å². The average molecular weight is 230 g/mol. The fourth-order valence-electron chi connectivity index (χ4n) is 1.85. The fraction of sp³-hybridized carbons (Fsp3) is 0.533. The molecule has 0 aliphatic carbocycles. The molecule has 1 aromatic rings. The molecule has 1 unspecified atom stereocenters. The van der Waals surface area contributed by atoms with Crippen molar-refractivity contribution in [2.75, 3.05) is 13.1 Å². The van der Waals surface area contributed by atoms with E-state index in [4.69, 9.17) is 5.26 Å². The van der Waals surface area contributed by atoms with Crippen molar-refractivity contribution in [2.45, 2.75) is 38.5 Å². The predicted octanol–water partition coefficient (Wildman–Crippen LogP) is 3.46. The largest absolute Gasteiger partial charge is 0.315 e. The molecule has 0 aliphatic heterocycles. The van der Waals surface area contributed by atoms with E-state index in [0.29, 0.717) is 0 Å². The number of rotatable bonds is 8. The van der Waals surface area contributed by atoms with Gasteiger partial charge in [-0.25, -0.2) is 0 Å². The minimum Gasteiger partial charge on any atom is -0.315 e. The van der Waals surface area contributed by atoms with Crippen LogP contribution in [0.3, 0.4) is 0 Å². The number of unbranched alkanes of at least 4 members (excludes halogenated alkanes) is 3. The highest BCUT2D eigenvalue weighted by Gasteiger charge is 2.08. The Hall–Kier alpha value is -1.33. The van der Waals surface area contributed by atoms with Crippen LogP contribution in [-0.2, 0) is 0 Å². The van der Waals surface area contributed by atoms with Crippen LogP contribution >= 0.6 is 0 Å². The summed E-state index contributed by atoms with van der Waals surface area (Å²) in [7, 11) is 0. The molecule has 0 radical (unpaired) electrons. The number of nitrogens with zero attached hydrogens (tertiary/aromatic N) is 1. The Morgan fingerprint density at radius 2 is 1.94 bits per heavy atom. The van der Waals surface area contributed by atoms with Crippen molar-refractivity contribution < 1.29 is 0 Å². The normalized spacial score (nSPS) is 12.0. The van der Waals surface area contributed by atoms with Crippen LogP contribution in [0, 0.1) is 11.3 Å². The highest BCUT2D eigenvalue weighted by atomic mass is 14.9. The molecule has 0 heterocycles. The highest BCUT2D eigenvalue weighted by Crippen LogP contribution is 2.13. The van der Waals surface area contributed by atoms with Gasteiger partial charge in [0.2, 0.25) is 0 Å². The maximum absolute atomic E-state index is 9.13. The predicted molar refractivity (Wildman–Crippen MR) is 71.8 cm³/mol. The Morgan fingerprint density at radius 3 is 2.59 bits per heavy atom. The van der Waals surface area contributed by atoms with E-state index in [1.165, 1.54) is 25.7 Å². The van der Waals surface area contributed by atoms with Crippen LogP contribution in [0.15, 0.2) is 30.3 Å². The van der Waals surface area contributed by atoms with Crippen LogP contribution < -0.4 is 5.32 Å². The lowest BCUT2D eigenvalue weighted by atomic mass is 10.0. The molecule has 0 spiro atoms. The van der Waals surface area contributed by atoms with Gasteiger partial charge in [0.1, 0.15) is 0 Å². The summed E-state index contributed by atoms with van der Waals surface area (Å²) in [6.45, 7) is 3.99. The second-order valence-corrected chi connectivity index (χ2v) is 4.36. The molecule has 1 N–H and O–H groups in total. The van der Waals surface area contributed by atoms with Gasteiger partial charge in [-0.2, -0.15) is 5.26 Å². The number of benzene rings is 1. The number of hydrogen-bond acceptors (Lipinski definition) is 2. The van der Waals surface area contributed by atoms with Gasteiger partial charge in [-0.3, -0.25) is 0 Å². The molecule has 0 saturated heterocycles. The molecular formula is C15H22N2. The SMILES string of the molecule is CCCCCCNCC(C#N)c1ccccc1. The molecule has 0 saturated carbocycles. The smallest absolute Gasteiger partial charge is 0.0837 e. The summed E-state index contributed by atoms with van der Waals surface area (Å²) in [6, 6.07) is 12.4. The summed E-state index contributed by atoms with van der Waals surface area (Å²) < 4.78 is 0. The van der Waals surface area contributed by atoms with Crippen LogP contribution in [0.5, 0.6) is 0 Å². The zero-order chi connectivity index (χ0) is 12.3. The van der Waals surface area contributed by atoms with E-state index in [1.807, 2.05) is 30.3 Å². The van der Waals surface area contributed by atoms with E-state index in [0.717, 1.165) is 18.7 Å². The minimum absolute atomic E-state index is 0.0256. The first kappa shape index (κ1) is 13.7. The fourth-order valence-corrected chi connectivity index (χ4v) is 1.85. The van der Waals surface area contributed by atoms with Gasteiger partial charge in [0.05, 0.1) is 12.0 Å². The van der Waals surface area contributed by atoms with Gasteiger partial charge in [-0.15, -0.1) is 0 Å². The van der Waals surface area contributed by atoms with E-state index in [-0.39, 0.29) is 5.92 Å². The van der Waals surface area contributed by atoms with Gasteiger partial charge in [-0.05, 0) is 18.5 Å². The summed E-state index contributed by atoms with van der Waals surface area (Å²) in [5, 5.41) is 12.5. The van der Waals surface area contributed by atoms with Gasteiger partial charge in [-0.1, -0.05) is 56.5 Å². The molecule has 0 aromatic heterocycles. The standard InChI is InChI=1S/C15H22N2/c1-2-3-4-8-11-17-13-15(12-16)14-9-6-5-7-10-14/h5-7,9-10,15,17H,2-4,8,11,13H2,1H3. The number of nitriles is 1. The van der Waals surface area contributed by atoms with Crippen molar-refractivity contribution in [2.24, 2.45) is 0 Å². The molecule has 0 amide bonds. The summed E-state index contributed by atoms with van der Waals surface area (Å²) in [5.74, 6) is -0.0256. The van der Waals surface area contributed by atoms with Gasteiger partial charge in [0.15, 0.2) is 0 Å². The third kappa shape index (κ3) is 5.51. The van der Waals surface area contributed by atoms with Gasteiger partial charge in [0.25, 0.3) is 0 Å². The first-order chi connectivity index (χ1) is 8.38. The Morgan fingerprint density at radius 1 is 1.18 bits per heavy atom. The third-order valence-corrected chi connectivity index (χ3v) is 2.91. The average Bonchev–Trinajstić information content (AvgIpc) is 2.39. The Labute approximate surface area is 105 Å². The van der Waals surface area contributed by atoms with E-state index >= 15 is 0 Å². The van der Waals surface area contributed by atoms with Crippen molar-refractivity contribution in [1.82, 2.24) is 5.32 Å². The van der Waals surface area contributed by atoms with Crippen LogP contribution in [0.25, 0.3) is 0 Å². The first-order valence-electron chi connectivity index (χ1n) is 6.53. The van der Waals surface area contributed by atoms with Crippen molar-refractivity contribution in [1.29, 1.82) is 5.26 Å². The monoisotopic (exact) mass is 230 g/mol. The molecular weight excluding hydrogens is 208 g/mol. The van der Waals surface area contributed by atoms with E-state index in [1.54, 1.807) is 0 Å². The summed E-state index contributed by atoms with van der Waals surface area (Å²) >= 11 is 0. The maximum Gasteiger partial charge on any atom is 0.0837 e. The third-order valence-electron chi connectivity index (χ3n) is 2.91. The Kier molecular flexibility index (Phi) is 7.09. The van der Waals surface area contributed by atoms with Crippen LogP contribution in [0.2, 0.25) is 0 Å². The first-order valence-corrected chi connectivity index (χ1v) is 6.53. The summed E-state index contributed by atoms with van der Waals surface area (Å²) in [5.41, 5.74) is 1.11. The van der Waals surface area contributed by atoms with Gasteiger partial charge in [0, 0.05) is 6.54 Å². The lowest BCUT2D eigenvalue weighted by Gasteiger charge is -2.10. The van der Waals surface area contributed by atoms with Crippen molar-refractivity contribution >= 4 is 0 Å². The molecule has 0 fully saturated rings. The Balaban J connectivity index is 2.23. The van der Waals surface area contributed by atoms with E-state index < -0.39 is 0 Å². The molecule has 1 aromatic carbocycles. The van der Waals surface area contributed by atoms with Crippen LogP contribution in [0.4, 0.5) is 0 Å². The highest BCUT2D eigenvalue weighted by molar-refractivity contribution is 5.24. The summed E-state index contributed by atoms with van der Waals surface area (Å²) in [6.07, 6.45) is 5.07. The zero-order valence-electron chi connectivity index (χ0n) is 10.7. The van der Waals surface area contributed by atoms with Gasteiger partial charge >= 0.3 is 0 Å². The lowest BCUT2D eigenvalue weighted by molar-refractivity contribution is 0.585. The zero-order valence-corrected chi connectivity index (χ0v) is 10.7. The molecule has 92 valence electrons. The summed E-state index contributed by atoms with van der Waals surface area (Å²) in [4.78, 5) is 0. The van der Waals surface area contributed by atoms with Crippen LogP contribution in [-0.4, -0.2) is 13.1 Å². The van der Waals surface area contributed by atoms with Crippen molar-refractivity contribution in [3.63, 3.8) is 0 Å². The van der Waals surface area contributed by atoms with E-state index in [9.17, 15) is 0 Å². The van der Waals surface area contributed by atoms with Crippen LogP contribution in [0.1, 0.15) is 44.1 Å². The molecule has 2 nitrogen and oxygen atoms in total. The number of nitrogens with one attached hydrogen (secondary N) is 1. The van der Waals surface area contributed by atoms with Crippen molar-refractivity contribution in [3.05, 3.63) is 35.9 Å². The molecule has 0 bridgehead atoms. The molecule has 1 rings (SSSR count). The molecule has 17 heavy (non-hydrogen) atoms. The second-order valence-electron chi connectivity index (χ2n) is 4.36. The minimum atomic E-state index is -0.0256. The molecule has 1 atom stereocenters. The second kappa shape index (κ2) is 8.78. The maximum atomic E-state index is 9.13. The number of hydrogen-bond donors (Lipinski definition) is 1. The van der Waals surface area contributed by atoms with E-state index in [2.05, 4.69) is 18.3 Å². The molecule has 2 heteroatoms.